The molecule has 0 saturated heterocycles. The molecule has 1 aromatic heterocycles. The van der Waals surface area contributed by atoms with Crippen molar-refractivity contribution in [3.8, 4) is 11.3 Å². The largest absolute Gasteiger partial charge is 0.356 e. The highest BCUT2D eigenvalue weighted by molar-refractivity contribution is 5.94. The molecule has 0 unspecified atom stereocenters. The Morgan fingerprint density at radius 1 is 1.08 bits per heavy atom. The van der Waals surface area contributed by atoms with Crippen molar-refractivity contribution in [2.24, 2.45) is 0 Å². The van der Waals surface area contributed by atoms with Crippen LogP contribution < -0.4 is 0 Å². The molecule has 26 heavy (non-hydrogen) atoms. The highest BCUT2D eigenvalue weighted by Crippen LogP contribution is 2.25. The zero-order valence-corrected chi connectivity index (χ0v) is 15.5. The van der Waals surface area contributed by atoms with E-state index < -0.39 is 0 Å². The van der Waals surface area contributed by atoms with Crippen LogP contribution in [0.4, 0.5) is 0 Å². The molecule has 134 valence electrons. The molecule has 0 radical (unpaired) electrons. The van der Waals surface area contributed by atoms with Gasteiger partial charge in [0, 0.05) is 23.7 Å². The zero-order valence-electron chi connectivity index (χ0n) is 15.5. The van der Waals surface area contributed by atoms with Gasteiger partial charge < -0.3 is 9.42 Å². The van der Waals surface area contributed by atoms with E-state index in [1.54, 1.807) is 0 Å². The molecule has 3 aromatic rings. The van der Waals surface area contributed by atoms with Gasteiger partial charge in [0.2, 0.25) is 0 Å². The van der Waals surface area contributed by atoms with Gasteiger partial charge in [-0.05, 0) is 38.0 Å². The van der Waals surface area contributed by atoms with Crippen LogP contribution in [0.25, 0.3) is 11.3 Å². The maximum Gasteiger partial charge on any atom is 0.254 e. The molecular weight excluding hydrogens is 324 g/mol. The number of hydrogen-bond donors (Lipinski definition) is 0. The number of hydrogen-bond acceptors (Lipinski definition) is 3. The van der Waals surface area contributed by atoms with Crippen LogP contribution in [0, 0.1) is 13.8 Å². The Morgan fingerprint density at radius 2 is 1.85 bits per heavy atom. The van der Waals surface area contributed by atoms with Gasteiger partial charge in [0.05, 0.1) is 6.54 Å². The van der Waals surface area contributed by atoms with Gasteiger partial charge >= 0.3 is 0 Å². The lowest BCUT2D eigenvalue weighted by molar-refractivity contribution is 0.0739. The van der Waals surface area contributed by atoms with Gasteiger partial charge in [-0.1, -0.05) is 54.0 Å². The number of nitrogens with zero attached hydrogens (tertiary/aromatic N) is 2. The molecule has 1 heterocycles. The first kappa shape index (κ1) is 17.9. The zero-order chi connectivity index (χ0) is 18.5. The summed E-state index contributed by atoms with van der Waals surface area (Å²) >= 11 is 0. The maximum absolute atomic E-state index is 12.8. The van der Waals surface area contributed by atoms with Crippen LogP contribution in [0.2, 0.25) is 0 Å². The molecule has 0 bridgehead atoms. The summed E-state index contributed by atoms with van der Waals surface area (Å²) in [6.07, 6.45) is 0.889. The number of carbonyl (C=O) groups excluding carboxylic acids is 1. The van der Waals surface area contributed by atoms with E-state index in [0.717, 1.165) is 29.0 Å². The summed E-state index contributed by atoms with van der Waals surface area (Å²) in [5, 5.41) is 4.19. The predicted octanol–water partition coefficient (Wildman–Crippen LogP) is 5.01. The Bertz CT molecular complexity index is 884. The van der Waals surface area contributed by atoms with Gasteiger partial charge in [0.25, 0.3) is 5.91 Å². The number of carbonyl (C=O) groups is 1. The van der Waals surface area contributed by atoms with Crippen molar-refractivity contribution in [3.05, 3.63) is 77.0 Å². The first-order valence-corrected chi connectivity index (χ1v) is 8.96. The number of amides is 1. The SMILES string of the molecule is CCCN(Cc1cc(-c2ccc(C)cc2C)on1)C(=O)c1ccccc1. The number of aryl methyl sites for hydroxylation is 2. The van der Waals surface area contributed by atoms with Gasteiger partial charge in [-0.15, -0.1) is 0 Å². The van der Waals surface area contributed by atoms with Crippen molar-refractivity contribution in [2.45, 2.75) is 33.7 Å². The maximum atomic E-state index is 12.8. The number of benzene rings is 2. The normalized spacial score (nSPS) is 10.7. The van der Waals surface area contributed by atoms with Gasteiger partial charge in [-0.3, -0.25) is 4.79 Å². The minimum Gasteiger partial charge on any atom is -0.356 e. The van der Waals surface area contributed by atoms with Crippen LogP contribution in [0.15, 0.2) is 59.1 Å². The Hall–Kier alpha value is -2.88. The number of rotatable bonds is 6. The van der Waals surface area contributed by atoms with Crippen LogP contribution in [0.5, 0.6) is 0 Å². The lowest BCUT2D eigenvalue weighted by Crippen LogP contribution is -2.31. The van der Waals surface area contributed by atoms with Crippen LogP contribution in [0.3, 0.4) is 0 Å². The summed E-state index contributed by atoms with van der Waals surface area (Å²) in [5.74, 6) is 0.754. The lowest BCUT2D eigenvalue weighted by atomic mass is 10.0. The van der Waals surface area contributed by atoms with E-state index in [9.17, 15) is 4.79 Å². The van der Waals surface area contributed by atoms with E-state index >= 15 is 0 Å². The van der Waals surface area contributed by atoms with E-state index in [1.165, 1.54) is 5.56 Å². The van der Waals surface area contributed by atoms with Crippen molar-refractivity contribution in [1.82, 2.24) is 10.1 Å². The highest BCUT2D eigenvalue weighted by Gasteiger charge is 2.18. The second-order valence-corrected chi connectivity index (χ2v) is 6.59. The van der Waals surface area contributed by atoms with Crippen molar-refractivity contribution in [2.75, 3.05) is 6.54 Å². The molecule has 4 nitrogen and oxygen atoms in total. The molecule has 0 aliphatic rings. The molecule has 0 spiro atoms. The summed E-state index contributed by atoms with van der Waals surface area (Å²) in [6.45, 7) is 7.32. The third-order valence-corrected chi connectivity index (χ3v) is 4.36. The molecule has 2 aromatic carbocycles. The van der Waals surface area contributed by atoms with E-state index in [2.05, 4.69) is 38.1 Å². The second kappa shape index (κ2) is 8.00. The fourth-order valence-corrected chi connectivity index (χ4v) is 3.08. The molecule has 0 saturated carbocycles. The van der Waals surface area contributed by atoms with Crippen LogP contribution in [-0.2, 0) is 6.54 Å². The van der Waals surface area contributed by atoms with E-state index in [4.69, 9.17) is 4.52 Å². The predicted molar refractivity (Wildman–Crippen MR) is 103 cm³/mol. The molecule has 0 fully saturated rings. The van der Waals surface area contributed by atoms with Crippen molar-refractivity contribution < 1.29 is 9.32 Å². The lowest BCUT2D eigenvalue weighted by Gasteiger charge is -2.20. The van der Waals surface area contributed by atoms with Crippen molar-refractivity contribution >= 4 is 5.91 Å². The summed E-state index contributed by atoms with van der Waals surface area (Å²) in [7, 11) is 0. The van der Waals surface area contributed by atoms with E-state index in [-0.39, 0.29) is 5.91 Å². The molecule has 0 N–H and O–H groups in total. The molecular formula is C22H24N2O2. The van der Waals surface area contributed by atoms with Gasteiger partial charge in [0.15, 0.2) is 5.76 Å². The van der Waals surface area contributed by atoms with Gasteiger partial charge in [0.1, 0.15) is 5.69 Å². The molecule has 3 rings (SSSR count). The minimum absolute atomic E-state index is 0.0171. The van der Waals surface area contributed by atoms with Gasteiger partial charge in [-0.25, -0.2) is 0 Å². The molecule has 0 atom stereocenters. The van der Waals surface area contributed by atoms with Crippen LogP contribution in [-0.4, -0.2) is 22.5 Å². The summed E-state index contributed by atoms with van der Waals surface area (Å²) < 4.78 is 5.55. The minimum atomic E-state index is 0.0171. The summed E-state index contributed by atoms with van der Waals surface area (Å²) in [6, 6.07) is 17.5. The number of aromatic nitrogens is 1. The van der Waals surface area contributed by atoms with Crippen molar-refractivity contribution in [3.63, 3.8) is 0 Å². The molecule has 1 amide bonds. The molecule has 0 aliphatic heterocycles. The summed E-state index contributed by atoms with van der Waals surface area (Å²) in [4.78, 5) is 14.6. The Balaban J connectivity index is 1.80. The monoisotopic (exact) mass is 348 g/mol. The Kier molecular flexibility index (Phi) is 5.52. The standard InChI is InChI=1S/C22H24N2O2/c1-4-12-24(22(25)18-8-6-5-7-9-18)15-19-14-21(26-23-19)20-11-10-16(2)13-17(20)3/h5-11,13-14H,4,12,15H2,1-3H3. The van der Waals surface area contributed by atoms with E-state index in [1.807, 2.05) is 47.4 Å². The quantitative estimate of drug-likeness (QED) is 0.629. The average molecular weight is 348 g/mol. The van der Waals surface area contributed by atoms with E-state index in [0.29, 0.717) is 18.7 Å². The van der Waals surface area contributed by atoms with Crippen molar-refractivity contribution in [1.29, 1.82) is 0 Å². The summed E-state index contributed by atoms with van der Waals surface area (Å²) in [5.41, 5.74) is 4.86. The average Bonchev–Trinajstić information content (AvgIpc) is 3.10. The Morgan fingerprint density at radius 3 is 2.54 bits per heavy atom. The Labute approximate surface area is 154 Å². The molecule has 0 aliphatic carbocycles. The third-order valence-electron chi connectivity index (χ3n) is 4.36. The smallest absolute Gasteiger partial charge is 0.254 e. The van der Waals surface area contributed by atoms with Crippen LogP contribution >= 0.6 is 0 Å². The van der Waals surface area contributed by atoms with Crippen LogP contribution in [0.1, 0.15) is 40.5 Å². The second-order valence-electron chi connectivity index (χ2n) is 6.59. The third kappa shape index (κ3) is 4.02. The van der Waals surface area contributed by atoms with Gasteiger partial charge in [-0.2, -0.15) is 0 Å². The first-order valence-electron chi connectivity index (χ1n) is 8.96. The molecule has 4 heteroatoms. The highest BCUT2D eigenvalue weighted by atomic mass is 16.5. The fourth-order valence-electron chi connectivity index (χ4n) is 3.08. The topological polar surface area (TPSA) is 46.3 Å². The first-order chi connectivity index (χ1) is 12.6. The fraction of sp³-hybridized carbons (Fsp3) is 0.273.